The minimum atomic E-state index is -0.679. The molecule has 0 spiro atoms. The van der Waals surface area contributed by atoms with Gasteiger partial charge in [0.2, 0.25) is 0 Å². The first-order valence-corrected chi connectivity index (χ1v) is 6.87. The van der Waals surface area contributed by atoms with E-state index >= 15 is 0 Å². The van der Waals surface area contributed by atoms with Crippen LogP contribution in [0.1, 0.15) is 29.6 Å². The number of nitro benzene ring substituents is 1. The lowest BCUT2D eigenvalue weighted by Gasteiger charge is -2.32. The molecule has 1 aromatic rings. The number of benzene rings is 1. The molecule has 0 aliphatic carbocycles. The van der Waals surface area contributed by atoms with Crippen molar-refractivity contribution >= 4 is 11.6 Å². The minimum Gasteiger partial charge on any atom is -0.396 e. The molecule has 0 radical (unpaired) electrons. The molecule has 1 amide bonds. The third-order valence-corrected chi connectivity index (χ3v) is 3.73. The fourth-order valence-electron chi connectivity index (χ4n) is 2.68. The van der Waals surface area contributed by atoms with Crippen molar-refractivity contribution in [3.63, 3.8) is 0 Å². The number of nitro groups is 1. The number of aliphatic hydroxyl groups is 1. The first-order chi connectivity index (χ1) is 10.0. The van der Waals surface area contributed by atoms with Crippen molar-refractivity contribution in [3.8, 4) is 0 Å². The highest BCUT2D eigenvalue weighted by atomic mass is 19.1. The molecule has 0 bridgehead atoms. The van der Waals surface area contributed by atoms with Gasteiger partial charge in [-0.2, -0.15) is 0 Å². The third kappa shape index (κ3) is 3.55. The van der Waals surface area contributed by atoms with Gasteiger partial charge in [-0.3, -0.25) is 14.9 Å². The second-order valence-electron chi connectivity index (χ2n) is 5.19. The van der Waals surface area contributed by atoms with Crippen molar-refractivity contribution < 1.29 is 19.2 Å². The van der Waals surface area contributed by atoms with E-state index in [0.29, 0.717) is 19.5 Å². The van der Waals surface area contributed by atoms with Crippen LogP contribution in [0, 0.1) is 21.8 Å². The van der Waals surface area contributed by atoms with E-state index < -0.39 is 16.6 Å². The van der Waals surface area contributed by atoms with Gasteiger partial charge < -0.3 is 10.0 Å². The number of aliphatic hydroxyl groups excluding tert-OH is 1. The summed E-state index contributed by atoms with van der Waals surface area (Å²) in [6.45, 7) is 0.980. The van der Waals surface area contributed by atoms with Crippen LogP contribution in [0.5, 0.6) is 0 Å². The molecule has 1 saturated heterocycles. The van der Waals surface area contributed by atoms with Gasteiger partial charge in [-0.05, 0) is 37.3 Å². The SMILES string of the molecule is O=C(c1cc(F)ccc1[N+](=O)[O-])N1CCCC(CCO)C1. The van der Waals surface area contributed by atoms with E-state index in [1.807, 2.05) is 0 Å². The number of hydrogen-bond acceptors (Lipinski definition) is 4. The predicted octanol–water partition coefficient (Wildman–Crippen LogP) is 1.97. The smallest absolute Gasteiger partial charge is 0.282 e. The van der Waals surface area contributed by atoms with Gasteiger partial charge in [0.1, 0.15) is 11.4 Å². The first-order valence-electron chi connectivity index (χ1n) is 6.87. The molecule has 21 heavy (non-hydrogen) atoms. The number of carbonyl (C=O) groups excluding carboxylic acids is 1. The van der Waals surface area contributed by atoms with Crippen LogP contribution in [-0.4, -0.2) is 40.5 Å². The Bertz CT molecular complexity index is 548. The normalized spacial score (nSPS) is 18.6. The molecule has 1 aromatic carbocycles. The maximum Gasteiger partial charge on any atom is 0.282 e. The van der Waals surface area contributed by atoms with Crippen molar-refractivity contribution in [1.82, 2.24) is 4.90 Å². The van der Waals surface area contributed by atoms with Crippen molar-refractivity contribution in [3.05, 3.63) is 39.7 Å². The summed E-state index contributed by atoms with van der Waals surface area (Å²) in [5.74, 6) is -1.02. The highest BCUT2D eigenvalue weighted by molar-refractivity contribution is 5.98. The van der Waals surface area contributed by atoms with E-state index in [1.54, 1.807) is 0 Å². The van der Waals surface area contributed by atoms with Crippen LogP contribution < -0.4 is 0 Å². The van der Waals surface area contributed by atoms with Crippen LogP contribution in [0.2, 0.25) is 0 Å². The summed E-state index contributed by atoms with van der Waals surface area (Å²) < 4.78 is 13.3. The van der Waals surface area contributed by atoms with Gasteiger partial charge in [0.05, 0.1) is 4.92 Å². The molecular weight excluding hydrogens is 279 g/mol. The zero-order chi connectivity index (χ0) is 15.4. The molecular formula is C14H17FN2O4. The number of halogens is 1. The van der Waals surface area contributed by atoms with E-state index in [2.05, 4.69) is 0 Å². The Balaban J connectivity index is 2.23. The van der Waals surface area contributed by atoms with E-state index in [-0.39, 0.29) is 23.8 Å². The summed E-state index contributed by atoms with van der Waals surface area (Å²) in [4.78, 5) is 24.2. The van der Waals surface area contributed by atoms with Gasteiger partial charge in [-0.1, -0.05) is 0 Å². The molecule has 6 nitrogen and oxygen atoms in total. The number of piperidine rings is 1. The molecule has 0 aromatic heterocycles. The van der Waals surface area contributed by atoms with Gasteiger partial charge in [0.25, 0.3) is 11.6 Å². The van der Waals surface area contributed by atoms with Gasteiger partial charge in [-0.15, -0.1) is 0 Å². The molecule has 0 saturated carbocycles. The quantitative estimate of drug-likeness (QED) is 0.680. The molecule has 2 rings (SSSR count). The zero-order valence-corrected chi connectivity index (χ0v) is 11.5. The van der Waals surface area contributed by atoms with E-state index in [1.165, 1.54) is 4.90 Å². The Kier molecular flexibility index (Phi) is 4.85. The van der Waals surface area contributed by atoms with Crippen molar-refractivity contribution in [2.24, 2.45) is 5.92 Å². The summed E-state index contributed by atoms with van der Waals surface area (Å²) >= 11 is 0. The third-order valence-electron chi connectivity index (χ3n) is 3.73. The monoisotopic (exact) mass is 296 g/mol. The fourth-order valence-corrected chi connectivity index (χ4v) is 2.68. The van der Waals surface area contributed by atoms with Crippen LogP contribution in [0.25, 0.3) is 0 Å². The van der Waals surface area contributed by atoms with Crippen LogP contribution >= 0.6 is 0 Å². The van der Waals surface area contributed by atoms with Gasteiger partial charge in [-0.25, -0.2) is 4.39 Å². The zero-order valence-electron chi connectivity index (χ0n) is 11.5. The van der Waals surface area contributed by atoms with Crippen LogP contribution in [-0.2, 0) is 0 Å². The van der Waals surface area contributed by atoms with E-state index in [0.717, 1.165) is 31.0 Å². The maximum atomic E-state index is 13.3. The standard InChI is InChI=1S/C14H17FN2O4/c15-11-3-4-13(17(20)21)12(8-11)14(19)16-6-1-2-10(9-16)5-7-18/h3-4,8,10,18H,1-2,5-7,9H2. The Hall–Kier alpha value is -2.02. The molecule has 1 heterocycles. The topological polar surface area (TPSA) is 83.7 Å². The van der Waals surface area contributed by atoms with E-state index in [9.17, 15) is 19.3 Å². The number of nitrogens with zero attached hydrogens (tertiary/aromatic N) is 2. The molecule has 1 unspecified atom stereocenters. The van der Waals surface area contributed by atoms with Crippen LogP contribution in [0.15, 0.2) is 18.2 Å². The summed E-state index contributed by atoms with van der Waals surface area (Å²) in [7, 11) is 0. The fraction of sp³-hybridized carbons (Fsp3) is 0.500. The number of likely N-dealkylation sites (tertiary alicyclic amines) is 1. The molecule has 114 valence electrons. The predicted molar refractivity (Wildman–Crippen MR) is 73.4 cm³/mol. The molecule has 7 heteroatoms. The molecule has 1 aliphatic rings. The van der Waals surface area contributed by atoms with Crippen LogP contribution in [0.4, 0.5) is 10.1 Å². The second kappa shape index (κ2) is 6.62. The Morgan fingerprint density at radius 3 is 2.95 bits per heavy atom. The number of amides is 1. The van der Waals surface area contributed by atoms with Crippen molar-refractivity contribution in [2.75, 3.05) is 19.7 Å². The maximum absolute atomic E-state index is 13.3. The Labute approximate surface area is 121 Å². The van der Waals surface area contributed by atoms with Crippen molar-refractivity contribution in [2.45, 2.75) is 19.3 Å². The summed E-state index contributed by atoms with van der Waals surface area (Å²) in [5.41, 5.74) is -0.602. The highest BCUT2D eigenvalue weighted by Crippen LogP contribution is 2.25. The molecule has 1 atom stereocenters. The molecule has 1 aliphatic heterocycles. The highest BCUT2D eigenvalue weighted by Gasteiger charge is 2.29. The van der Waals surface area contributed by atoms with E-state index in [4.69, 9.17) is 5.11 Å². The van der Waals surface area contributed by atoms with Gasteiger partial charge in [0, 0.05) is 25.8 Å². The van der Waals surface area contributed by atoms with Crippen molar-refractivity contribution in [1.29, 1.82) is 0 Å². The first kappa shape index (κ1) is 15.4. The number of carbonyl (C=O) groups is 1. The average molecular weight is 296 g/mol. The van der Waals surface area contributed by atoms with Gasteiger partial charge >= 0.3 is 0 Å². The lowest BCUT2D eigenvalue weighted by Crippen LogP contribution is -2.40. The van der Waals surface area contributed by atoms with Gasteiger partial charge in [0.15, 0.2) is 0 Å². The minimum absolute atomic E-state index is 0.0484. The Morgan fingerprint density at radius 2 is 2.29 bits per heavy atom. The average Bonchev–Trinajstić information content (AvgIpc) is 2.46. The lowest BCUT2D eigenvalue weighted by molar-refractivity contribution is -0.385. The molecule has 1 fully saturated rings. The van der Waals surface area contributed by atoms with Crippen LogP contribution in [0.3, 0.4) is 0 Å². The number of rotatable bonds is 4. The Morgan fingerprint density at radius 1 is 1.52 bits per heavy atom. The summed E-state index contributed by atoms with van der Waals surface area (Å²) in [6.07, 6.45) is 2.28. The lowest BCUT2D eigenvalue weighted by atomic mass is 9.94. The summed E-state index contributed by atoms with van der Waals surface area (Å²) in [5, 5.41) is 19.9. The second-order valence-corrected chi connectivity index (χ2v) is 5.19. The largest absolute Gasteiger partial charge is 0.396 e. The number of hydrogen-bond donors (Lipinski definition) is 1. The summed E-state index contributed by atoms with van der Waals surface area (Å²) in [6, 6.07) is 2.90. The molecule has 1 N–H and O–H groups in total.